The summed E-state index contributed by atoms with van der Waals surface area (Å²) in [6, 6.07) is 0.657. The number of hydrogen-bond acceptors (Lipinski definition) is 3. The lowest BCUT2D eigenvalue weighted by Gasteiger charge is -2.20. The van der Waals surface area contributed by atoms with E-state index in [2.05, 4.69) is 12.2 Å². The second-order valence-corrected chi connectivity index (χ2v) is 4.79. The predicted octanol–water partition coefficient (Wildman–Crippen LogP) is 2.55. The third-order valence-corrected chi connectivity index (χ3v) is 3.76. The zero-order chi connectivity index (χ0) is 11.8. The van der Waals surface area contributed by atoms with E-state index in [4.69, 9.17) is 9.47 Å². The van der Waals surface area contributed by atoms with Crippen LogP contribution < -0.4 is 5.32 Å². The third kappa shape index (κ3) is 4.81. The minimum atomic E-state index is -0.106. The van der Waals surface area contributed by atoms with Crippen molar-refractivity contribution in [1.82, 2.24) is 5.32 Å². The van der Waals surface area contributed by atoms with Crippen LogP contribution in [0.15, 0.2) is 0 Å². The first kappa shape index (κ1) is 13.9. The van der Waals surface area contributed by atoms with E-state index >= 15 is 0 Å². The first-order chi connectivity index (χ1) is 7.80. The fraction of sp³-hybridized carbons (Fsp3) is 1.00. The summed E-state index contributed by atoms with van der Waals surface area (Å²) in [4.78, 5) is 0. The van der Waals surface area contributed by atoms with Gasteiger partial charge in [0.2, 0.25) is 0 Å². The van der Waals surface area contributed by atoms with E-state index in [9.17, 15) is 0 Å². The van der Waals surface area contributed by atoms with E-state index in [1.54, 1.807) is 14.2 Å². The Morgan fingerprint density at radius 1 is 1.12 bits per heavy atom. The van der Waals surface area contributed by atoms with Gasteiger partial charge in [0.1, 0.15) is 0 Å². The molecule has 0 aliphatic heterocycles. The average Bonchev–Trinajstić information content (AvgIpc) is 2.55. The van der Waals surface area contributed by atoms with Crippen LogP contribution in [0, 0.1) is 5.92 Å². The molecular formula is C13H27NO2. The van der Waals surface area contributed by atoms with Crippen LogP contribution in [-0.2, 0) is 9.47 Å². The van der Waals surface area contributed by atoms with E-state index in [0.29, 0.717) is 6.04 Å². The quantitative estimate of drug-likeness (QED) is 0.561. The van der Waals surface area contributed by atoms with Gasteiger partial charge in [-0.1, -0.05) is 26.2 Å². The van der Waals surface area contributed by atoms with Gasteiger partial charge >= 0.3 is 0 Å². The van der Waals surface area contributed by atoms with Crippen molar-refractivity contribution >= 4 is 0 Å². The summed E-state index contributed by atoms with van der Waals surface area (Å²) in [5.41, 5.74) is 0. The second-order valence-electron chi connectivity index (χ2n) is 4.79. The lowest BCUT2D eigenvalue weighted by atomic mass is 9.98. The highest BCUT2D eigenvalue weighted by Crippen LogP contribution is 2.25. The van der Waals surface area contributed by atoms with Gasteiger partial charge in [-0.2, -0.15) is 0 Å². The Balaban J connectivity index is 2.21. The summed E-state index contributed by atoms with van der Waals surface area (Å²) in [7, 11) is 3.38. The summed E-state index contributed by atoms with van der Waals surface area (Å²) in [5, 5.41) is 3.56. The van der Waals surface area contributed by atoms with Gasteiger partial charge in [-0.15, -0.1) is 0 Å². The van der Waals surface area contributed by atoms with Gasteiger partial charge < -0.3 is 14.8 Å². The topological polar surface area (TPSA) is 30.5 Å². The van der Waals surface area contributed by atoms with E-state index in [0.717, 1.165) is 12.5 Å². The molecule has 1 fully saturated rings. The molecule has 3 heteroatoms. The number of nitrogens with one attached hydrogen (secondary N) is 1. The fourth-order valence-corrected chi connectivity index (χ4v) is 2.52. The van der Waals surface area contributed by atoms with Crippen molar-refractivity contribution in [3.05, 3.63) is 0 Å². The SMILES string of the molecule is CCC1CCCC(NCC(OC)OC)CC1. The number of rotatable bonds is 6. The number of ether oxygens (including phenoxy) is 2. The summed E-state index contributed by atoms with van der Waals surface area (Å²) in [5.74, 6) is 0.951. The molecule has 0 amide bonds. The van der Waals surface area contributed by atoms with Gasteiger partial charge in [0.05, 0.1) is 0 Å². The maximum absolute atomic E-state index is 5.18. The van der Waals surface area contributed by atoms with Gasteiger partial charge in [0, 0.05) is 26.8 Å². The highest BCUT2D eigenvalue weighted by Gasteiger charge is 2.18. The van der Waals surface area contributed by atoms with Crippen LogP contribution >= 0.6 is 0 Å². The van der Waals surface area contributed by atoms with Crippen LogP contribution in [0.4, 0.5) is 0 Å². The number of hydrogen-bond donors (Lipinski definition) is 1. The highest BCUT2D eigenvalue weighted by atomic mass is 16.7. The lowest BCUT2D eigenvalue weighted by molar-refractivity contribution is -0.1000. The Hall–Kier alpha value is -0.120. The van der Waals surface area contributed by atoms with Crippen molar-refractivity contribution < 1.29 is 9.47 Å². The maximum atomic E-state index is 5.18. The van der Waals surface area contributed by atoms with Gasteiger partial charge in [-0.05, 0) is 25.2 Å². The molecule has 1 aliphatic carbocycles. The van der Waals surface area contributed by atoms with Gasteiger partial charge in [-0.25, -0.2) is 0 Å². The molecule has 2 atom stereocenters. The normalized spacial score (nSPS) is 27.0. The van der Waals surface area contributed by atoms with Crippen LogP contribution in [0.2, 0.25) is 0 Å². The molecule has 0 heterocycles. The minimum Gasteiger partial charge on any atom is -0.355 e. The van der Waals surface area contributed by atoms with Crippen LogP contribution in [0.1, 0.15) is 45.4 Å². The third-order valence-electron chi connectivity index (χ3n) is 3.76. The van der Waals surface area contributed by atoms with Crippen molar-refractivity contribution in [3.63, 3.8) is 0 Å². The number of methoxy groups -OCH3 is 2. The Morgan fingerprint density at radius 2 is 1.88 bits per heavy atom. The van der Waals surface area contributed by atoms with Crippen molar-refractivity contribution in [3.8, 4) is 0 Å². The molecule has 1 rings (SSSR count). The molecular weight excluding hydrogens is 202 g/mol. The highest BCUT2D eigenvalue weighted by molar-refractivity contribution is 4.74. The molecule has 0 spiro atoms. The maximum Gasteiger partial charge on any atom is 0.169 e. The minimum absolute atomic E-state index is 0.106. The van der Waals surface area contributed by atoms with Crippen molar-refractivity contribution in [1.29, 1.82) is 0 Å². The van der Waals surface area contributed by atoms with Gasteiger partial charge in [-0.3, -0.25) is 0 Å². The Labute approximate surface area is 99.9 Å². The van der Waals surface area contributed by atoms with Crippen LogP contribution in [0.5, 0.6) is 0 Å². The molecule has 0 bridgehead atoms. The summed E-state index contributed by atoms with van der Waals surface area (Å²) >= 11 is 0. The molecule has 0 aromatic carbocycles. The molecule has 1 N–H and O–H groups in total. The van der Waals surface area contributed by atoms with Crippen molar-refractivity contribution in [2.45, 2.75) is 57.8 Å². The first-order valence-corrected chi connectivity index (χ1v) is 6.59. The molecule has 96 valence electrons. The van der Waals surface area contributed by atoms with E-state index in [1.165, 1.54) is 38.5 Å². The molecule has 0 aromatic heterocycles. The van der Waals surface area contributed by atoms with E-state index in [-0.39, 0.29) is 6.29 Å². The molecule has 0 radical (unpaired) electrons. The fourth-order valence-electron chi connectivity index (χ4n) is 2.52. The Kier molecular flexibility index (Phi) is 7.01. The largest absolute Gasteiger partial charge is 0.355 e. The van der Waals surface area contributed by atoms with Crippen LogP contribution in [-0.4, -0.2) is 33.1 Å². The average molecular weight is 229 g/mol. The molecule has 0 aromatic rings. The summed E-state index contributed by atoms with van der Waals surface area (Å²) in [6.07, 6.45) is 7.98. The van der Waals surface area contributed by atoms with Gasteiger partial charge in [0.15, 0.2) is 6.29 Å². The molecule has 16 heavy (non-hydrogen) atoms. The first-order valence-electron chi connectivity index (χ1n) is 6.59. The van der Waals surface area contributed by atoms with Crippen molar-refractivity contribution in [2.75, 3.05) is 20.8 Å². The zero-order valence-corrected chi connectivity index (χ0v) is 11.0. The van der Waals surface area contributed by atoms with Gasteiger partial charge in [0.25, 0.3) is 0 Å². The standard InChI is InChI=1S/C13H27NO2/c1-4-11-6-5-7-12(9-8-11)14-10-13(15-2)16-3/h11-14H,4-10H2,1-3H3. The molecule has 3 nitrogen and oxygen atoms in total. The zero-order valence-electron chi connectivity index (χ0n) is 11.0. The summed E-state index contributed by atoms with van der Waals surface area (Å²) in [6.45, 7) is 3.11. The van der Waals surface area contributed by atoms with E-state index in [1.807, 2.05) is 0 Å². The monoisotopic (exact) mass is 229 g/mol. The van der Waals surface area contributed by atoms with Crippen LogP contribution in [0.3, 0.4) is 0 Å². The lowest BCUT2D eigenvalue weighted by Crippen LogP contribution is -2.36. The molecule has 0 saturated heterocycles. The van der Waals surface area contributed by atoms with Crippen LogP contribution in [0.25, 0.3) is 0 Å². The molecule has 1 saturated carbocycles. The molecule has 1 aliphatic rings. The van der Waals surface area contributed by atoms with E-state index < -0.39 is 0 Å². The predicted molar refractivity (Wildman–Crippen MR) is 66.5 cm³/mol. The Morgan fingerprint density at radius 3 is 2.50 bits per heavy atom. The smallest absolute Gasteiger partial charge is 0.169 e. The van der Waals surface area contributed by atoms with Crippen molar-refractivity contribution in [2.24, 2.45) is 5.92 Å². The Bertz CT molecular complexity index is 171. The molecule has 2 unspecified atom stereocenters. The summed E-state index contributed by atoms with van der Waals surface area (Å²) < 4.78 is 10.4. The second kappa shape index (κ2) is 8.04.